The van der Waals surface area contributed by atoms with Crippen molar-refractivity contribution >= 4 is 54.2 Å². The van der Waals surface area contributed by atoms with E-state index < -0.39 is 5.91 Å². The lowest BCUT2D eigenvalue weighted by molar-refractivity contribution is -0.124. The van der Waals surface area contributed by atoms with Crippen molar-refractivity contribution in [3.8, 4) is 10.7 Å². The first kappa shape index (κ1) is 28.7. The highest BCUT2D eigenvalue weighted by Gasteiger charge is 2.23. The normalized spacial score (nSPS) is 13.7. The highest BCUT2D eigenvalue weighted by molar-refractivity contribution is 7.13. The van der Waals surface area contributed by atoms with Crippen LogP contribution in [0.2, 0.25) is 0 Å². The van der Waals surface area contributed by atoms with Gasteiger partial charge in [-0.25, -0.2) is 15.4 Å². The van der Waals surface area contributed by atoms with Crippen LogP contribution in [-0.4, -0.2) is 101 Å². The molecule has 0 bridgehead atoms. The van der Waals surface area contributed by atoms with Gasteiger partial charge in [0.1, 0.15) is 5.69 Å². The number of thiophene rings is 1. The lowest BCUT2D eigenvalue weighted by Crippen LogP contribution is -2.37. The third-order valence-corrected chi connectivity index (χ3v) is 5.67. The Bertz CT molecular complexity index is 1050. The Hall–Kier alpha value is -3.52. The second kappa shape index (κ2) is 15.5. The monoisotopic (exact) mass is 515 g/mol. The van der Waals surface area contributed by atoms with Crippen LogP contribution >= 0.6 is 11.3 Å². The van der Waals surface area contributed by atoms with Crippen molar-refractivity contribution < 1.29 is 14.7 Å². The van der Waals surface area contributed by atoms with Gasteiger partial charge >= 0.3 is 0 Å². The fraction of sp³-hybridized carbons (Fsp3) is 0.391. The molecule has 13 heteroatoms. The number of rotatable bonds is 10. The van der Waals surface area contributed by atoms with Crippen LogP contribution in [0.5, 0.6) is 0 Å². The molecule has 1 aliphatic heterocycles. The van der Waals surface area contributed by atoms with E-state index in [1.54, 1.807) is 16.8 Å². The van der Waals surface area contributed by atoms with Gasteiger partial charge in [0, 0.05) is 39.1 Å². The summed E-state index contributed by atoms with van der Waals surface area (Å²) < 4.78 is 5.49. The molecule has 12 nitrogen and oxygen atoms in total. The molecular formula is C23H33N9O3S. The maximum atomic E-state index is 11.6. The highest BCUT2D eigenvalue weighted by atomic mass is 32.1. The molecule has 0 saturated carbocycles. The van der Waals surface area contributed by atoms with E-state index in [4.69, 9.17) is 19.9 Å². The Morgan fingerprint density at radius 1 is 1.33 bits per heavy atom. The molecule has 1 fully saturated rings. The minimum Gasteiger partial charge on any atom is -0.378 e. The van der Waals surface area contributed by atoms with Crippen LogP contribution in [0.1, 0.15) is 0 Å². The summed E-state index contributed by atoms with van der Waals surface area (Å²) in [5.74, 6) is 1.26. The predicted molar refractivity (Wildman–Crippen MR) is 147 cm³/mol. The largest absolute Gasteiger partial charge is 0.378 e. The summed E-state index contributed by atoms with van der Waals surface area (Å²) in [5, 5.41) is 13.5. The molecule has 0 radical (unpaired) electrons. The van der Waals surface area contributed by atoms with Gasteiger partial charge in [0.25, 0.3) is 5.91 Å². The average molecular weight is 516 g/mol. The molecule has 0 spiro atoms. The van der Waals surface area contributed by atoms with Gasteiger partial charge in [0.2, 0.25) is 0 Å². The first-order chi connectivity index (χ1) is 17.5. The number of nitrogens with zero attached hydrogens (tertiary/aromatic N) is 7. The van der Waals surface area contributed by atoms with E-state index >= 15 is 0 Å². The molecule has 0 unspecified atom stereocenters. The van der Waals surface area contributed by atoms with Gasteiger partial charge < -0.3 is 19.9 Å². The van der Waals surface area contributed by atoms with Crippen molar-refractivity contribution in [1.82, 2.24) is 20.8 Å². The van der Waals surface area contributed by atoms with Crippen molar-refractivity contribution in [1.29, 1.82) is 0 Å². The number of morpholine rings is 1. The molecule has 2 aromatic heterocycles. The van der Waals surface area contributed by atoms with Crippen molar-refractivity contribution in [3.05, 3.63) is 29.3 Å². The number of aromatic nitrogens is 2. The van der Waals surface area contributed by atoms with Gasteiger partial charge in [-0.15, -0.1) is 11.3 Å². The lowest BCUT2D eigenvalue weighted by atomic mass is 10.3. The molecule has 194 valence electrons. The quantitative estimate of drug-likeness (QED) is 0.188. The molecule has 3 heterocycles. The van der Waals surface area contributed by atoms with Gasteiger partial charge in [-0.2, -0.15) is 0 Å². The zero-order valence-corrected chi connectivity index (χ0v) is 21.7. The second-order valence-electron chi connectivity index (χ2n) is 7.44. The number of hydroxylamine groups is 1. The number of aliphatic imine (C=N–C) groups is 3. The van der Waals surface area contributed by atoms with E-state index in [1.165, 1.54) is 12.4 Å². The molecular weight excluding hydrogens is 482 g/mol. The number of carbonyl (C=O) groups is 1. The molecule has 1 aliphatic rings. The highest BCUT2D eigenvalue weighted by Crippen LogP contribution is 2.38. The van der Waals surface area contributed by atoms with Crippen molar-refractivity contribution in [2.45, 2.75) is 0 Å². The fourth-order valence-electron chi connectivity index (χ4n) is 3.14. The third kappa shape index (κ3) is 8.02. The van der Waals surface area contributed by atoms with Crippen molar-refractivity contribution in [3.63, 3.8) is 0 Å². The fourth-order valence-corrected chi connectivity index (χ4v) is 3.80. The van der Waals surface area contributed by atoms with Gasteiger partial charge in [-0.1, -0.05) is 6.07 Å². The Labute approximate surface area is 215 Å². The Morgan fingerprint density at radius 3 is 2.64 bits per heavy atom. The van der Waals surface area contributed by atoms with Crippen LogP contribution in [0.3, 0.4) is 0 Å². The zero-order chi connectivity index (χ0) is 26.3. The van der Waals surface area contributed by atoms with E-state index in [1.807, 2.05) is 43.6 Å². The average Bonchev–Trinajstić information content (AvgIpc) is 3.45. The molecule has 1 saturated heterocycles. The van der Waals surface area contributed by atoms with Crippen LogP contribution in [0.25, 0.3) is 10.7 Å². The van der Waals surface area contributed by atoms with Crippen LogP contribution in [0.15, 0.2) is 44.3 Å². The maximum Gasteiger partial charge on any atom is 0.277 e. The molecule has 2 aromatic rings. The molecule has 3 N–H and O–H groups in total. The summed E-state index contributed by atoms with van der Waals surface area (Å²) in [6.07, 6.45) is 2.54. The summed E-state index contributed by atoms with van der Waals surface area (Å²) in [4.78, 5) is 38.3. The number of hydrogen-bond donors (Lipinski definition) is 3. The summed E-state index contributed by atoms with van der Waals surface area (Å²) in [5.41, 5.74) is 2.23. The van der Waals surface area contributed by atoms with Crippen LogP contribution in [0.4, 0.5) is 17.3 Å². The molecule has 1 amide bonds. The van der Waals surface area contributed by atoms with E-state index in [0.717, 1.165) is 10.7 Å². The number of hydrogen-bond acceptors (Lipinski definition) is 12. The van der Waals surface area contributed by atoms with Gasteiger partial charge in [0.15, 0.2) is 17.5 Å². The molecule has 0 aliphatic carbocycles. The topological polar surface area (TPSA) is 140 Å². The van der Waals surface area contributed by atoms with Crippen LogP contribution in [0, 0.1) is 0 Å². The minimum absolute atomic E-state index is 0.0835. The Morgan fingerprint density at radius 2 is 2.06 bits per heavy atom. The van der Waals surface area contributed by atoms with E-state index in [9.17, 15) is 4.79 Å². The van der Waals surface area contributed by atoms with E-state index in [2.05, 4.69) is 38.6 Å². The van der Waals surface area contributed by atoms with E-state index in [-0.39, 0.29) is 5.57 Å². The Kier molecular flexibility index (Phi) is 12.3. The third-order valence-electron chi connectivity index (χ3n) is 4.81. The standard InChI is InChI=1S/C21H26N8O3S.C2H7N/c1-22-13-15(21(30)27-31)14-24-6-7-28(3)19-17(23-2)20(29-8-10-32-11-9-29)26-18(25-19)16-5-4-12-33-16;1-3-2/h4-5,12-14,31H,1-2,6-11H2,3H3,(H,27,30);3H,1-2H3/b15-13+,24-14?;. The summed E-state index contributed by atoms with van der Waals surface area (Å²) in [6, 6.07) is 3.94. The number of ether oxygens (including phenoxy) is 1. The van der Waals surface area contributed by atoms with Crippen LogP contribution < -0.4 is 20.6 Å². The van der Waals surface area contributed by atoms with Gasteiger partial charge in [0.05, 0.1) is 30.2 Å². The van der Waals surface area contributed by atoms with Crippen molar-refractivity contribution in [2.24, 2.45) is 15.0 Å². The lowest BCUT2D eigenvalue weighted by Gasteiger charge is -2.30. The number of anilines is 2. The van der Waals surface area contributed by atoms with Gasteiger partial charge in [-0.3, -0.25) is 25.0 Å². The number of amides is 1. The molecule has 0 atom stereocenters. The molecule has 3 rings (SSSR count). The SMILES string of the molecule is C=N/C=C(\C=NCCN(C)c1nc(-c2cccs2)nc(N2CCOCC2)c1N=C)C(=O)NO.CNC. The first-order valence-corrected chi connectivity index (χ1v) is 12.0. The summed E-state index contributed by atoms with van der Waals surface area (Å²) in [6.45, 7) is 10.5. The van der Waals surface area contributed by atoms with Gasteiger partial charge in [-0.05, 0) is 39.0 Å². The molecule has 0 aromatic carbocycles. The summed E-state index contributed by atoms with van der Waals surface area (Å²) in [7, 11) is 5.64. The number of likely N-dealkylation sites (N-methyl/N-ethyl adjacent to an activating group) is 1. The van der Waals surface area contributed by atoms with E-state index in [0.29, 0.717) is 56.7 Å². The Balaban J connectivity index is 0.00000145. The predicted octanol–water partition coefficient (Wildman–Crippen LogP) is 1.81. The number of carbonyl (C=O) groups excluding carboxylic acids is 1. The maximum absolute atomic E-state index is 11.6. The first-order valence-electron chi connectivity index (χ1n) is 11.2. The summed E-state index contributed by atoms with van der Waals surface area (Å²) >= 11 is 1.56. The van der Waals surface area contributed by atoms with Crippen molar-refractivity contribution in [2.75, 3.05) is 70.3 Å². The second-order valence-corrected chi connectivity index (χ2v) is 8.39. The smallest absolute Gasteiger partial charge is 0.277 e. The minimum atomic E-state index is -0.718. The van der Waals surface area contributed by atoms with Crippen LogP contribution in [-0.2, 0) is 9.53 Å². The molecule has 36 heavy (non-hydrogen) atoms. The zero-order valence-electron chi connectivity index (χ0n) is 20.8. The number of nitrogens with one attached hydrogen (secondary N) is 2.